The second-order valence-corrected chi connectivity index (χ2v) is 5.89. The largest absolute Gasteiger partial charge is 0.493 e. The Labute approximate surface area is 143 Å². The van der Waals surface area contributed by atoms with E-state index in [4.69, 9.17) is 10.5 Å². The highest BCUT2D eigenvalue weighted by atomic mass is 35.5. The molecule has 1 fully saturated rings. The fourth-order valence-corrected chi connectivity index (χ4v) is 2.93. The Kier molecular flexibility index (Phi) is 6.20. The van der Waals surface area contributed by atoms with Gasteiger partial charge in [0.25, 0.3) is 0 Å². The van der Waals surface area contributed by atoms with E-state index >= 15 is 0 Å². The summed E-state index contributed by atoms with van der Waals surface area (Å²) in [5.74, 6) is 1.28. The molecule has 0 aliphatic heterocycles. The molecule has 23 heavy (non-hydrogen) atoms. The van der Waals surface area contributed by atoms with Crippen LogP contribution in [0.1, 0.15) is 35.2 Å². The number of carbonyl (C=O) groups excluding carboxylic acids is 1. The highest BCUT2D eigenvalue weighted by molar-refractivity contribution is 6.08. The van der Waals surface area contributed by atoms with Crippen LogP contribution in [0.3, 0.4) is 0 Å². The van der Waals surface area contributed by atoms with Gasteiger partial charge in [0.2, 0.25) is 0 Å². The predicted molar refractivity (Wildman–Crippen MR) is 94.4 cm³/mol. The van der Waals surface area contributed by atoms with Gasteiger partial charge in [0.15, 0.2) is 5.78 Å². The summed E-state index contributed by atoms with van der Waals surface area (Å²) >= 11 is 0. The number of carbonyl (C=O) groups is 1. The number of hydrogen-bond acceptors (Lipinski definition) is 3. The first-order valence-electron chi connectivity index (χ1n) is 7.82. The van der Waals surface area contributed by atoms with Crippen molar-refractivity contribution in [2.45, 2.75) is 25.3 Å². The average Bonchev–Trinajstić information content (AvgIpc) is 2.99. The zero-order chi connectivity index (χ0) is 15.4. The predicted octanol–water partition coefficient (Wildman–Crippen LogP) is 3.85. The van der Waals surface area contributed by atoms with Gasteiger partial charge in [-0.25, -0.2) is 0 Å². The Hall–Kier alpha value is -1.84. The van der Waals surface area contributed by atoms with Gasteiger partial charge in [0, 0.05) is 23.1 Å². The van der Waals surface area contributed by atoms with E-state index in [-0.39, 0.29) is 24.2 Å². The maximum absolute atomic E-state index is 12.3. The Morgan fingerprint density at radius 3 is 2.26 bits per heavy atom. The second kappa shape index (κ2) is 8.14. The van der Waals surface area contributed by atoms with E-state index in [9.17, 15) is 4.79 Å². The SMILES string of the molecule is Cl.N[C@H]1CCC[C@H]1COc1ccc(C(=O)c2ccccc2)cc1. The van der Waals surface area contributed by atoms with Crippen molar-refractivity contribution in [3.05, 3.63) is 65.7 Å². The molecule has 122 valence electrons. The van der Waals surface area contributed by atoms with Crippen molar-refractivity contribution in [2.75, 3.05) is 6.61 Å². The number of rotatable bonds is 5. The van der Waals surface area contributed by atoms with E-state index < -0.39 is 0 Å². The van der Waals surface area contributed by atoms with Crippen LogP contribution in [0.2, 0.25) is 0 Å². The van der Waals surface area contributed by atoms with E-state index in [1.165, 1.54) is 6.42 Å². The Morgan fingerprint density at radius 1 is 1.00 bits per heavy atom. The minimum absolute atomic E-state index is 0. The van der Waals surface area contributed by atoms with Crippen LogP contribution in [0.4, 0.5) is 0 Å². The summed E-state index contributed by atoms with van der Waals surface area (Å²) in [5, 5.41) is 0. The van der Waals surface area contributed by atoms with Gasteiger partial charge in [0.05, 0.1) is 6.61 Å². The lowest BCUT2D eigenvalue weighted by molar-refractivity contribution is 0.103. The van der Waals surface area contributed by atoms with Crippen molar-refractivity contribution in [1.82, 2.24) is 0 Å². The van der Waals surface area contributed by atoms with Crippen LogP contribution in [0, 0.1) is 5.92 Å². The van der Waals surface area contributed by atoms with Crippen molar-refractivity contribution < 1.29 is 9.53 Å². The third-order valence-corrected chi connectivity index (χ3v) is 4.33. The van der Waals surface area contributed by atoms with Crippen LogP contribution in [-0.4, -0.2) is 18.4 Å². The molecule has 0 radical (unpaired) electrons. The smallest absolute Gasteiger partial charge is 0.193 e. The molecule has 2 atom stereocenters. The van der Waals surface area contributed by atoms with E-state index in [1.807, 2.05) is 54.6 Å². The molecule has 1 saturated carbocycles. The summed E-state index contributed by atoms with van der Waals surface area (Å²) in [4.78, 5) is 12.3. The van der Waals surface area contributed by atoms with Crippen molar-refractivity contribution >= 4 is 18.2 Å². The Morgan fingerprint density at radius 2 is 1.65 bits per heavy atom. The van der Waals surface area contributed by atoms with E-state index in [0.717, 1.165) is 18.6 Å². The maximum Gasteiger partial charge on any atom is 0.193 e. The number of ether oxygens (including phenoxy) is 1. The monoisotopic (exact) mass is 331 g/mol. The molecule has 0 spiro atoms. The first kappa shape index (κ1) is 17.5. The molecule has 0 aromatic heterocycles. The molecule has 2 aromatic carbocycles. The molecule has 3 rings (SSSR count). The molecule has 0 bridgehead atoms. The lowest BCUT2D eigenvalue weighted by Gasteiger charge is -2.16. The Bertz CT molecular complexity index is 628. The Balaban J connectivity index is 0.00000192. The van der Waals surface area contributed by atoms with Crippen LogP contribution < -0.4 is 10.5 Å². The highest BCUT2D eigenvalue weighted by Gasteiger charge is 2.24. The molecule has 2 aromatic rings. The highest BCUT2D eigenvalue weighted by Crippen LogP contribution is 2.25. The van der Waals surface area contributed by atoms with E-state index in [0.29, 0.717) is 23.7 Å². The summed E-state index contributed by atoms with van der Waals surface area (Å²) in [5.41, 5.74) is 7.43. The van der Waals surface area contributed by atoms with Gasteiger partial charge in [-0.1, -0.05) is 36.8 Å². The van der Waals surface area contributed by atoms with E-state index in [2.05, 4.69) is 0 Å². The van der Waals surface area contributed by atoms with Gasteiger partial charge in [0.1, 0.15) is 5.75 Å². The number of benzene rings is 2. The zero-order valence-electron chi connectivity index (χ0n) is 13.0. The van der Waals surface area contributed by atoms with Gasteiger partial charge >= 0.3 is 0 Å². The quantitative estimate of drug-likeness (QED) is 0.847. The minimum atomic E-state index is 0. The molecule has 4 heteroatoms. The minimum Gasteiger partial charge on any atom is -0.493 e. The molecule has 1 aliphatic carbocycles. The maximum atomic E-state index is 12.3. The molecule has 1 aliphatic rings. The molecule has 3 nitrogen and oxygen atoms in total. The molecular formula is C19H22ClNO2. The van der Waals surface area contributed by atoms with Crippen molar-refractivity contribution in [3.8, 4) is 5.75 Å². The van der Waals surface area contributed by atoms with E-state index in [1.54, 1.807) is 0 Å². The van der Waals surface area contributed by atoms with Gasteiger partial charge in [-0.2, -0.15) is 0 Å². The van der Waals surface area contributed by atoms with Crippen molar-refractivity contribution in [1.29, 1.82) is 0 Å². The fourth-order valence-electron chi connectivity index (χ4n) is 2.93. The summed E-state index contributed by atoms with van der Waals surface area (Å²) in [6.07, 6.45) is 3.43. The normalized spacial score (nSPS) is 19.9. The summed E-state index contributed by atoms with van der Waals surface area (Å²) in [6, 6.07) is 16.9. The molecule has 0 saturated heterocycles. The van der Waals surface area contributed by atoms with Crippen LogP contribution in [0.5, 0.6) is 5.75 Å². The lowest BCUT2D eigenvalue weighted by Crippen LogP contribution is -2.28. The van der Waals surface area contributed by atoms with Gasteiger partial charge in [-0.15, -0.1) is 12.4 Å². The van der Waals surface area contributed by atoms with Crippen LogP contribution in [0.25, 0.3) is 0 Å². The third-order valence-electron chi connectivity index (χ3n) is 4.33. The number of hydrogen-bond donors (Lipinski definition) is 1. The number of ketones is 1. The summed E-state index contributed by atoms with van der Waals surface area (Å²) in [7, 11) is 0. The lowest BCUT2D eigenvalue weighted by atomic mass is 10.0. The molecule has 2 N–H and O–H groups in total. The van der Waals surface area contributed by atoms with Gasteiger partial charge in [-0.3, -0.25) is 4.79 Å². The van der Waals surface area contributed by atoms with Gasteiger partial charge in [-0.05, 0) is 37.1 Å². The number of halogens is 1. The number of nitrogens with two attached hydrogens (primary N) is 1. The van der Waals surface area contributed by atoms with Crippen molar-refractivity contribution in [3.63, 3.8) is 0 Å². The first-order chi connectivity index (χ1) is 10.7. The fraction of sp³-hybridized carbons (Fsp3) is 0.316. The van der Waals surface area contributed by atoms with Crippen LogP contribution in [-0.2, 0) is 0 Å². The summed E-state index contributed by atoms with van der Waals surface area (Å²) in [6.45, 7) is 0.660. The van der Waals surface area contributed by atoms with Crippen LogP contribution in [0.15, 0.2) is 54.6 Å². The molecule has 0 amide bonds. The third kappa shape index (κ3) is 4.34. The van der Waals surface area contributed by atoms with Crippen LogP contribution >= 0.6 is 12.4 Å². The van der Waals surface area contributed by atoms with Gasteiger partial charge < -0.3 is 10.5 Å². The molecule has 0 heterocycles. The zero-order valence-corrected chi connectivity index (χ0v) is 13.8. The first-order valence-corrected chi connectivity index (χ1v) is 7.82. The topological polar surface area (TPSA) is 52.3 Å². The van der Waals surface area contributed by atoms with Crippen molar-refractivity contribution in [2.24, 2.45) is 11.7 Å². The molecular weight excluding hydrogens is 310 g/mol. The average molecular weight is 332 g/mol. The summed E-state index contributed by atoms with van der Waals surface area (Å²) < 4.78 is 5.81. The second-order valence-electron chi connectivity index (χ2n) is 5.89. The standard InChI is InChI=1S/C19H21NO2.ClH/c20-18-8-4-7-16(18)13-22-17-11-9-15(10-12-17)19(21)14-5-2-1-3-6-14;/h1-3,5-6,9-12,16,18H,4,7-8,13,20H2;1H/t16-,18-;/m0./s1. The molecule has 0 unspecified atom stereocenters.